The number of nitrogens with zero attached hydrogens (tertiary/aromatic N) is 1. The Hall–Kier alpha value is -3.15. The van der Waals surface area contributed by atoms with Crippen LogP contribution in [0.5, 0.6) is 0 Å². The summed E-state index contributed by atoms with van der Waals surface area (Å²) in [7, 11) is 0. The molecule has 1 aliphatic rings. The molecule has 3 aromatic rings. The number of benzene rings is 3. The van der Waals surface area contributed by atoms with E-state index >= 15 is 0 Å². The van der Waals surface area contributed by atoms with Crippen molar-refractivity contribution in [2.24, 2.45) is 0 Å². The summed E-state index contributed by atoms with van der Waals surface area (Å²) in [5.74, 6) is -2.56. The Morgan fingerprint density at radius 2 is 1.63 bits per heavy atom. The highest BCUT2D eigenvalue weighted by molar-refractivity contribution is 6.37. The lowest BCUT2D eigenvalue weighted by molar-refractivity contribution is -0.152. The number of carboxylic acids is 1. The van der Waals surface area contributed by atoms with Gasteiger partial charge in [0.1, 0.15) is 5.54 Å². The van der Waals surface area contributed by atoms with Gasteiger partial charge in [-0.3, -0.25) is 4.79 Å². The number of carboxylic acid groups (broad SMARTS) is 1. The minimum absolute atomic E-state index is 0.123. The van der Waals surface area contributed by atoms with Gasteiger partial charge in [0, 0.05) is 23.7 Å². The summed E-state index contributed by atoms with van der Waals surface area (Å²) in [6, 6.07) is 22.7. The number of aliphatic carboxylic acids is 1. The number of ketones is 1. The van der Waals surface area contributed by atoms with Crippen LogP contribution in [-0.2, 0) is 22.6 Å². The maximum atomic E-state index is 12.7. The molecule has 0 bridgehead atoms. The molecule has 5 nitrogen and oxygen atoms in total. The minimum atomic E-state index is -1.55. The lowest BCUT2D eigenvalue weighted by Gasteiger charge is -2.36. The van der Waals surface area contributed by atoms with Crippen LogP contribution in [0.1, 0.15) is 11.1 Å². The Labute approximate surface area is 179 Å². The molecule has 0 spiro atoms. The van der Waals surface area contributed by atoms with Gasteiger partial charge in [-0.15, -0.1) is 0 Å². The third kappa shape index (κ3) is 3.47. The van der Waals surface area contributed by atoms with Crippen LogP contribution in [0.3, 0.4) is 0 Å². The molecule has 0 aromatic heterocycles. The number of fused-ring (bicyclic) bond motifs is 1. The molecule has 1 aliphatic heterocycles. The van der Waals surface area contributed by atoms with Crippen LogP contribution in [0.15, 0.2) is 72.8 Å². The first-order valence-corrected chi connectivity index (χ1v) is 9.91. The molecular weight excluding hydrogens is 402 g/mol. The Bertz CT molecular complexity index is 1100. The van der Waals surface area contributed by atoms with E-state index in [1.165, 1.54) is 0 Å². The fraction of sp³-hybridized carbons (Fsp3) is 0.167. The van der Waals surface area contributed by atoms with Crippen molar-refractivity contribution in [2.75, 3.05) is 11.5 Å². The number of aliphatic hydroxyl groups is 1. The van der Waals surface area contributed by atoms with E-state index in [1.54, 1.807) is 17.0 Å². The summed E-state index contributed by atoms with van der Waals surface area (Å²) < 4.78 is 0. The average Bonchev–Trinajstić information content (AvgIpc) is 3.08. The highest BCUT2D eigenvalue weighted by Crippen LogP contribution is 2.42. The SMILES string of the molecule is O=C(O)C(=O)C1(CO)Cc2cc(-c3ccc(Cl)cc3)ccc2N1Cc1ccccc1. The fourth-order valence-corrected chi connectivity index (χ4v) is 4.20. The van der Waals surface area contributed by atoms with Crippen molar-refractivity contribution in [3.63, 3.8) is 0 Å². The van der Waals surface area contributed by atoms with E-state index in [2.05, 4.69) is 0 Å². The van der Waals surface area contributed by atoms with Crippen molar-refractivity contribution in [1.29, 1.82) is 0 Å². The van der Waals surface area contributed by atoms with Crippen LogP contribution in [0, 0.1) is 0 Å². The third-order valence-electron chi connectivity index (χ3n) is 5.61. The van der Waals surface area contributed by atoms with E-state index in [9.17, 15) is 19.8 Å². The highest BCUT2D eigenvalue weighted by Gasteiger charge is 2.51. The van der Waals surface area contributed by atoms with Crippen LogP contribution in [0.2, 0.25) is 5.02 Å². The number of aliphatic hydroxyl groups excluding tert-OH is 1. The van der Waals surface area contributed by atoms with Crippen molar-refractivity contribution >= 4 is 29.0 Å². The van der Waals surface area contributed by atoms with Crippen molar-refractivity contribution in [3.05, 3.63) is 88.9 Å². The molecule has 0 amide bonds. The van der Waals surface area contributed by atoms with Crippen LogP contribution >= 0.6 is 11.6 Å². The van der Waals surface area contributed by atoms with Crippen LogP contribution in [0.4, 0.5) is 5.69 Å². The van der Waals surface area contributed by atoms with Gasteiger partial charge in [-0.1, -0.05) is 60.1 Å². The highest BCUT2D eigenvalue weighted by atomic mass is 35.5. The lowest BCUT2D eigenvalue weighted by atomic mass is 9.89. The van der Waals surface area contributed by atoms with Crippen LogP contribution in [0.25, 0.3) is 11.1 Å². The molecule has 0 saturated heterocycles. The van der Waals surface area contributed by atoms with E-state index < -0.39 is 23.9 Å². The molecule has 6 heteroatoms. The van der Waals surface area contributed by atoms with Gasteiger partial charge in [0.15, 0.2) is 0 Å². The van der Waals surface area contributed by atoms with E-state index in [0.717, 1.165) is 27.9 Å². The summed E-state index contributed by atoms with van der Waals surface area (Å²) in [6.45, 7) is -0.274. The zero-order valence-corrected chi connectivity index (χ0v) is 16.8. The fourth-order valence-electron chi connectivity index (χ4n) is 4.07. The maximum Gasteiger partial charge on any atom is 0.374 e. The van der Waals surface area contributed by atoms with Gasteiger partial charge in [0.25, 0.3) is 5.78 Å². The van der Waals surface area contributed by atoms with Gasteiger partial charge >= 0.3 is 5.97 Å². The predicted octanol–water partition coefficient (Wildman–Crippen LogP) is 3.95. The zero-order valence-electron chi connectivity index (χ0n) is 16.1. The second-order valence-electron chi connectivity index (χ2n) is 7.42. The normalized spacial score (nSPS) is 17.6. The number of Topliss-reactive ketones (excluding diaryl/α,β-unsaturated/α-hetero) is 1. The van der Waals surface area contributed by atoms with Crippen LogP contribution in [-0.4, -0.2) is 34.1 Å². The Morgan fingerprint density at radius 1 is 0.967 bits per heavy atom. The quantitative estimate of drug-likeness (QED) is 0.589. The number of anilines is 1. The largest absolute Gasteiger partial charge is 0.475 e. The molecule has 30 heavy (non-hydrogen) atoms. The van der Waals surface area contributed by atoms with Crippen molar-refractivity contribution in [3.8, 4) is 11.1 Å². The Balaban J connectivity index is 1.80. The smallest absolute Gasteiger partial charge is 0.374 e. The monoisotopic (exact) mass is 421 g/mol. The standard InChI is InChI=1S/C24H20ClNO4/c25-20-9-6-17(7-10-20)18-8-11-21-19(12-18)13-24(15-27,22(28)23(29)30)26(21)14-16-4-2-1-3-5-16/h1-12,27H,13-15H2,(H,29,30). The van der Waals surface area contributed by atoms with E-state index in [4.69, 9.17) is 11.6 Å². The molecule has 0 saturated carbocycles. The molecule has 0 radical (unpaired) electrons. The minimum Gasteiger partial charge on any atom is -0.475 e. The molecule has 0 aliphatic carbocycles. The van der Waals surface area contributed by atoms with Crippen LogP contribution < -0.4 is 4.90 Å². The number of carbonyl (C=O) groups is 2. The molecule has 3 aromatic carbocycles. The number of carbonyl (C=O) groups excluding carboxylic acids is 1. The zero-order chi connectivity index (χ0) is 21.3. The van der Waals surface area contributed by atoms with Gasteiger partial charge in [-0.2, -0.15) is 0 Å². The van der Waals surface area contributed by atoms with Gasteiger partial charge in [0.05, 0.1) is 6.61 Å². The van der Waals surface area contributed by atoms with E-state index in [-0.39, 0.29) is 6.42 Å². The molecule has 2 N–H and O–H groups in total. The van der Waals surface area contributed by atoms with E-state index in [1.807, 2.05) is 60.7 Å². The molecule has 1 unspecified atom stereocenters. The van der Waals surface area contributed by atoms with Gasteiger partial charge < -0.3 is 15.1 Å². The Kier molecular flexibility index (Phi) is 5.33. The number of rotatable bonds is 6. The average molecular weight is 422 g/mol. The van der Waals surface area contributed by atoms with Crippen molar-refractivity contribution in [1.82, 2.24) is 0 Å². The third-order valence-corrected chi connectivity index (χ3v) is 5.86. The first-order valence-electron chi connectivity index (χ1n) is 9.53. The molecular formula is C24H20ClNO4. The molecule has 4 rings (SSSR count). The van der Waals surface area contributed by atoms with Crippen molar-refractivity contribution < 1.29 is 19.8 Å². The van der Waals surface area contributed by atoms with Gasteiger partial charge in [0.2, 0.25) is 0 Å². The molecule has 1 atom stereocenters. The summed E-state index contributed by atoms with van der Waals surface area (Å²) in [6.07, 6.45) is 0.123. The molecule has 152 valence electrons. The summed E-state index contributed by atoms with van der Waals surface area (Å²) in [5.41, 5.74) is 2.85. The second-order valence-corrected chi connectivity index (χ2v) is 7.86. The molecule has 1 heterocycles. The first kappa shape index (κ1) is 20.1. The summed E-state index contributed by atoms with van der Waals surface area (Å²) >= 11 is 5.98. The van der Waals surface area contributed by atoms with Gasteiger partial charge in [-0.05, 0) is 46.5 Å². The lowest BCUT2D eigenvalue weighted by Crippen LogP contribution is -2.58. The first-order chi connectivity index (χ1) is 14.4. The maximum absolute atomic E-state index is 12.7. The Morgan fingerprint density at radius 3 is 2.27 bits per heavy atom. The number of halogens is 1. The van der Waals surface area contributed by atoms with Crippen molar-refractivity contribution in [2.45, 2.75) is 18.5 Å². The second kappa shape index (κ2) is 7.94. The summed E-state index contributed by atoms with van der Waals surface area (Å²) in [5, 5.41) is 20.3. The molecule has 0 fully saturated rings. The number of hydrogen-bond acceptors (Lipinski definition) is 4. The summed E-state index contributed by atoms with van der Waals surface area (Å²) in [4.78, 5) is 26.1. The number of hydrogen-bond donors (Lipinski definition) is 2. The topological polar surface area (TPSA) is 77.8 Å². The van der Waals surface area contributed by atoms with E-state index in [0.29, 0.717) is 11.6 Å². The predicted molar refractivity (Wildman–Crippen MR) is 116 cm³/mol. The van der Waals surface area contributed by atoms with Gasteiger partial charge in [-0.25, -0.2) is 4.79 Å².